The van der Waals surface area contributed by atoms with Crippen molar-refractivity contribution in [1.82, 2.24) is 9.88 Å². The highest BCUT2D eigenvalue weighted by Crippen LogP contribution is 2.18. The van der Waals surface area contributed by atoms with Crippen molar-refractivity contribution in [2.45, 2.75) is 20.3 Å². The number of aromatic amines is 1. The predicted molar refractivity (Wildman–Crippen MR) is 115 cm³/mol. The zero-order valence-corrected chi connectivity index (χ0v) is 17.1. The maximum atomic E-state index is 12.3. The van der Waals surface area contributed by atoms with E-state index in [2.05, 4.69) is 10.3 Å². The van der Waals surface area contributed by atoms with Crippen LogP contribution in [0.25, 0.3) is 10.9 Å². The summed E-state index contributed by atoms with van der Waals surface area (Å²) in [7, 11) is 0. The van der Waals surface area contributed by atoms with Gasteiger partial charge in [0.05, 0.1) is 6.42 Å². The summed E-state index contributed by atoms with van der Waals surface area (Å²) in [6, 6.07) is 14.3. The third-order valence-corrected chi connectivity index (χ3v) is 4.84. The van der Waals surface area contributed by atoms with Gasteiger partial charge in [-0.3, -0.25) is 14.4 Å². The first-order valence-corrected chi connectivity index (χ1v) is 9.91. The Bertz CT molecular complexity index is 1040. The molecule has 0 saturated carbocycles. The van der Waals surface area contributed by atoms with Crippen molar-refractivity contribution in [2.75, 3.05) is 25.0 Å². The van der Waals surface area contributed by atoms with Gasteiger partial charge in [-0.25, -0.2) is 0 Å². The molecule has 0 spiro atoms. The molecule has 0 atom stereocenters. The Morgan fingerprint density at radius 3 is 2.40 bits per heavy atom. The number of fused-ring (bicyclic) bond motifs is 1. The van der Waals surface area contributed by atoms with Gasteiger partial charge in [0.2, 0.25) is 0 Å². The zero-order chi connectivity index (χ0) is 21.5. The number of benzene rings is 2. The van der Waals surface area contributed by atoms with Gasteiger partial charge in [-0.2, -0.15) is 0 Å². The molecular weight excluding hydrogens is 382 g/mol. The Morgan fingerprint density at radius 1 is 1.00 bits per heavy atom. The van der Waals surface area contributed by atoms with Crippen LogP contribution in [0.5, 0.6) is 0 Å². The van der Waals surface area contributed by atoms with Gasteiger partial charge >= 0.3 is 5.97 Å². The zero-order valence-electron chi connectivity index (χ0n) is 17.1. The molecule has 7 nitrogen and oxygen atoms in total. The fraction of sp³-hybridized carbons (Fsp3) is 0.261. The Labute approximate surface area is 175 Å². The van der Waals surface area contributed by atoms with E-state index in [4.69, 9.17) is 4.74 Å². The van der Waals surface area contributed by atoms with Crippen LogP contribution in [0.4, 0.5) is 5.69 Å². The molecule has 1 heterocycles. The van der Waals surface area contributed by atoms with Crippen molar-refractivity contribution >= 4 is 34.4 Å². The summed E-state index contributed by atoms with van der Waals surface area (Å²) in [6.07, 6.45) is 1.85. The third-order valence-electron chi connectivity index (χ3n) is 4.84. The summed E-state index contributed by atoms with van der Waals surface area (Å²) in [4.78, 5) is 41.3. The Kier molecular flexibility index (Phi) is 6.85. The van der Waals surface area contributed by atoms with E-state index in [0.29, 0.717) is 24.3 Å². The highest BCUT2D eigenvalue weighted by molar-refractivity contribution is 5.96. The Morgan fingerprint density at radius 2 is 1.70 bits per heavy atom. The van der Waals surface area contributed by atoms with Crippen molar-refractivity contribution in [3.63, 3.8) is 0 Å². The highest BCUT2D eigenvalue weighted by Gasteiger charge is 2.14. The standard InChI is InChI=1S/C23H25N3O4/c1-3-26(4-2)23(29)16-9-11-18(12-10-16)25-21(27)15-30-22(28)13-17-14-24-20-8-6-5-7-19(17)20/h5-12,14,24H,3-4,13,15H2,1-2H3,(H,25,27). The van der Waals surface area contributed by atoms with Crippen LogP contribution < -0.4 is 5.32 Å². The number of amides is 2. The number of rotatable bonds is 8. The first-order valence-electron chi connectivity index (χ1n) is 9.91. The van der Waals surface area contributed by atoms with E-state index < -0.39 is 11.9 Å². The molecule has 0 radical (unpaired) electrons. The smallest absolute Gasteiger partial charge is 0.310 e. The molecule has 3 rings (SSSR count). The number of ether oxygens (including phenoxy) is 1. The molecule has 30 heavy (non-hydrogen) atoms. The van der Waals surface area contributed by atoms with Gasteiger partial charge in [-0.05, 0) is 49.7 Å². The van der Waals surface area contributed by atoms with E-state index in [0.717, 1.165) is 16.5 Å². The second-order valence-corrected chi connectivity index (χ2v) is 6.80. The number of hydrogen-bond acceptors (Lipinski definition) is 4. The largest absolute Gasteiger partial charge is 0.455 e. The second kappa shape index (κ2) is 9.73. The lowest BCUT2D eigenvalue weighted by Gasteiger charge is -2.18. The van der Waals surface area contributed by atoms with E-state index in [1.807, 2.05) is 38.1 Å². The molecule has 3 aromatic rings. The van der Waals surface area contributed by atoms with Crippen molar-refractivity contribution < 1.29 is 19.1 Å². The van der Waals surface area contributed by atoms with Gasteiger partial charge in [0.1, 0.15) is 0 Å². The molecule has 2 N–H and O–H groups in total. The van der Waals surface area contributed by atoms with Crippen molar-refractivity contribution in [1.29, 1.82) is 0 Å². The number of H-pyrrole nitrogens is 1. The molecule has 7 heteroatoms. The SMILES string of the molecule is CCN(CC)C(=O)c1ccc(NC(=O)COC(=O)Cc2c[nH]c3ccccc23)cc1. The van der Waals surface area contributed by atoms with Crippen LogP contribution in [0.1, 0.15) is 29.8 Å². The van der Waals surface area contributed by atoms with Gasteiger partial charge in [0, 0.05) is 41.4 Å². The summed E-state index contributed by atoms with van der Waals surface area (Å²) in [5, 5.41) is 3.62. The normalized spacial score (nSPS) is 10.6. The number of hydrogen-bond donors (Lipinski definition) is 2. The van der Waals surface area contributed by atoms with E-state index in [-0.39, 0.29) is 18.9 Å². The monoisotopic (exact) mass is 407 g/mol. The number of esters is 1. The summed E-state index contributed by atoms with van der Waals surface area (Å²) in [6.45, 7) is 4.75. The van der Waals surface area contributed by atoms with Crippen molar-refractivity contribution in [3.8, 4) is 0 Å². The fourth-order valence-electron chi connectivity index (χ4n) is 3.22. The van der Waals surface area contributed by atoms with Gasteiger partial charge in [-0.15, -0.1) is 0 Å². The van der Waals surface area contributed by atoms with Crippen LogP contribution in [0.2, 0.25) is 0 Å². The van der Waals surface area contributed by atoms with Crippen molar-refractivity contribution in [2.24, 2.45) is 0 Å². The number of nitrogens with zero attached hydrogens (tertiary/aromatic N) is 1. The number of carbonyl (C=O) groups excluding carboxylic acids is 3. The molecule has 0 aliphatic heterocycles. The van der Waals surface area contributed by atoms with Gasteiger partial charge in [0.25, 0.3) is 11.8 Å². The number of aromatic nitrogens is 1. The molecule has 156 valence electrons. The predicted octanol–water partition coefficient (Wildman–Crippen LogP) is 3.37. The van der Waals surface area contributed by atoms with Crippen molar-refractivity contribution in [3.05, 3.63) is 65.9 Å². The van der Waals surface area contributed by atoms with Gasteiger partial charge < -0.3 is 19.9 Å². The molecular formula is C23H25N3O4. The molecule has 1 aromatic heterocycles. The van der Waals surface area contributed by atoms with Crippen LogP contribution in [0, 0.1) is 0 Å². The van der Waals surface area contributed by atoms with E-state index in [1.165, 1.54) is 0 Å². The molecule has 0 unspecified atom stereocenters. The number of nitrogens with one attached hydrogen (secondary N) is 2. The topological polar surface area (TPSA) is 91.5 Å². The molecule has 2 amide bonds. The minimum absolute atomic E-state index is 0.0518. The lowest BCUT2D eigenvalue weighted by molar-refractivity contribution is -0.146. The maximum Gasteiger partial charge on any atom is 0.310 e. The first kappa shape index (κ1) is 21.1. The number of anilines is 1. The maximum absolute atomic E-state index is 12.3. The highest BCUT2D eigenvalue weighted by atomic mass is 16.5. The average Bonchev–Trinajstić information content (AvgIpc) is 3.16. The van der Waals surface area contributed by atoms with E-state index in [1.54, 1.807) is 35.4 Å². The first-order chi connectivity index (χ1) is 14.5. The lowest BCUT2D eigenvalue weighted by Crippen LogP contribution is -2.30. The quantitative estimate of drug-likeness (QED) is 0.560. The minimum Gasteiger partial charge on any atom is -0.455 e. The van der Waals surface area contributed by atoms with Crippen LogP contribution in [0.3, 0.4) is 0 Å². The van der Waals surface area contributed by atoms with Crippen LogP contribution in [0.15, 0.2) is 54.7 Å². The van der Waals surface area contributed by atoms with Gasteiger partial charge in [-0.1, -0.05) is 18.2 Å². The summed E-state index contributed by atoms with van der Waals surface area (Å²) in [5.41, 5.74) is 2.86. The Balaban J connectivity index is 1.49. The molecule has 0 aliphatic carbocycles. The van der Waals surface area contributed by atoms with Crippen LogP contribution >= 0.6 is 0 Å². The number of para-hydroxylation sites is 1. The second-order valence-electron chi connectivity index (χ2n) is 6.80. The molecule has 0 bridgehead atoms. The number of carbonyl (C=O) groups is 3. The Hall–Kier alpha value is -3.61. The summed E-state index contributed by atoms with van der Waals surface area (Å²) in [5.74, 6) is -0.968. The molecule has 0 fully saturated rings. The van der Waals surface area contributed by atoms with Crippen LogP contribution in [-0.2, 0) is 20.7 Å². The average molecular weight is 407 g/mol. The minimum atomic E-state index is -0.477. The molecule has 0 aliphatic rings. The van der Waals surface area contributed by atoms with Crippen LogP contribution in [-0.4, -0.2) is 47.4 Å². The van der Waals surface area contributed by atoms with Gasteiger partial charge in [0.15, 0.2) is 6.61 Å². The summed E-state index contributed by atoms with van der Waals surface area (Å²) >= 11 is 0. The fourth-order valence-corrected chi connectivity index (χ4v) is 3.22. The third kappa shape index (κ3) is 5.05. The summed E-state index contributed by atoms with van der Waals surface area (Å²) < 4.78 is 5.10. The molecule has 0 saturated heterocycles. The van der Waals surface area contributed by atoms with E-state index >= 15 is 0 Å². The van der Waals surface area contributed by atoms with E-state index in [9.17, 15) is 14.4 Å². The molecule has 2 aromatic carbocycles. The lowest BCUT2D eigenvalue weighted by atomic mass is 10.1.